The number of hydrogen-bond acceptors (Lipinski definition) is 3. The molecule has 0 fully saturated rings. The lowest BCUT2D eigenvalue weighted by Gasteiger charge is -2.09. The molecule has 0 radical (unpaired) electrons. The Morgan fingerprint density at radius 3 is 2.71 bits per heavy atom. The topological polar surface area (TPSA) is 38.3 Å². The van der Waals surface area contributed by atoms with Gasteiger partial charge in [-0.25, -0.2) is 4.79 Å². The molecule has 108 valence electrons. The van der Waals surface area contributed by atoms with Gasteiger partial charge in [0.05, 0.1) is 12.7 Å². The first-order valence-electron chi connectivity index (χ1n) is 7.30. The predicted octanol–water partition coefficient (Wildman–Crippen LogP) is 3.23. The molecule has 0 saturated heterocycles. The van der Waals surface area contributed by atoms with E-state index in [2.05, 4.69) is 23.5 Å². The van der Waals surface area contributed by atoms with Crippen LogP contribution >= 0.6 is 0 Å². The number of fused-ring (bicyclic) bond motifs is 1. The summed E-state index contributed by atoms with van der Waals surface area (Å²) in [5.41, 5.74) is 5.96. The number of nitrogens with one attached hydrogen (secondary N) is 1. The van der Waals surface area contributed by atoms with Gasteiger partial charge < -0.3 is 10.1 Å². The van der Waals surface area contributed by atoms with Crippen LogP contribution in [-0.2, 0) is 24.0 Å². The van der Waals surface area contributed by atoms with Gasteiger partial charge in [-0.15, -0.1) is 0 Å². The molecule has 0 bridgehead atoms. The van der Waals surface area contributed by atoms with E-state index in [0.29, 0.717) is 5.56 Å². The summed E-state index contributed by atoms with van der Waals surface area (Å²) in [5.74, 6) is -0.286. The fourth-order valence-corrected chi connectivity index (χ4v) is 2.82. The van der Waals surface area contributed by atoms with E-state index in [9.17, 15) is 4.79 Å². The van der Waals surface area contributed by atoms with Crippen molar-refractivity contribution in [1.29, 1.82) is 0 Å². The molecule has 0 aromatic heterocycles. The van der Waals surface area contributed by atoms with E-state index in [1.165, 1.54) is 29.5 Å². The third kappa shape index (κ3) is 2.92. The number of hydrogen-bond donors (Lipinski definition) is 1. The number of methoxy groups -OCH3 is 1. The quantitative estimate of drug-likeness (QED) is 0.874. The zero-order valence-corrected chi connectivity index (χ0v) is 12.2. The monoisotopic (exact) mass is 281 g/mol. The first-order valence-corrected chi connectivity index (χ1v) is 7.30. The number of ether oxygens (including phenoxy) is 1. The van der Waals surface area contributed by atoms with Crippen LogP contribution in [0.25, 0.3) is 0 Å². The number of carbonyl (C=O) groups excluding carboxylic acids is 1. The largest absolute Gasteiger partial charge is 0.465 e. The van der Waals surface area contributed by atoms with Crippen molar-refractivity contribution in [2.75, 3.05) is 19.0 Å². The maximum Gasteiger partial charge on any atom is 0.337 e. The van der Waals surface area contributed by atoms with Gasteiger partial charge in [-0.05, 0) is 48.1 Å². The molecule has 0 unspecified atom stereocenters. The molecule has 1 N–H and O–H groups in total. The van der Waals surface area contributed by atoms with Gasteiger partial charge in [-0.2, -0.15) is 0 Å². The minimum atomic E-state index is -0.286. The number of esters is 1. The number of carbonyl (C=O) groups is 1. The van der Waals surface area contributed by atoms with Crippen LogP contribution in [0.5, 0.6) is 0 Å². The molecule has 1 aliphatic heterocycles. The van der Waals surface area contributed by atoms with Crippen LogP contribution in [0.3, 0.4) is 0 Å². The second-order valence-corrected chi connectivity index (χ2v) is 5.32. The summed E-state index contributed by atoms with van der Waals surface area (Å²) in [4.78, 5) is 11.4. The van der Waals surface area contributed by atoms with Crippen molar-refractivity contribution in [2.45, 2.75) is 19.3 Å². The summed E-state index contributed by atoms with van der Waals surface area (Å²) in [6.45, 7) is 1.04. The minimum Gasteiger partial charge on any atom is -0.465 e. The highest BCUT2D eigenvalue weighted by Gasteiger charge is 2.13. The van der Waals surface area contributed by atoms with Gasteiger partial charge in [-0.3, -0.25) is 0 Å². The lowest BCUT2D eigenvalue weighted by atomic mass is 10.00. The van der Waals surface area contributed by atoms with Crippen LogP contribution in [0.4, 0.5) is 5.69 Å². The van der Waals surface area contributed by atoms with Gasteiger partial charge in [0.1, 0.15) is 0 Å². The summed E-state index contributed by atoms with van der Waals surface area (Å²) < 4.78 is 4.71. The molecule has 1 heterocycles. The number of rotatable bonds is 4. The highest BCUT2D eigenvalue weighted by Crippen LogP contribution is 2.27. The van der Waals surface area contributed by atoms with Crippen molar-refractivity contribution in [3.05, 3.63) is 64.7 Å². The van der Waals surface area contributed by atoms with Crippen molar-refractivity contribution in [2.24, 2.45) is 0 Å². The van der Waals surface area contributed by atoms with Crippen molar-refractivity contribution >= 4 is 11.7 Å². The highest BCUT2D eigenvalue weighted by atomic mass is 16.5. The van der Waals surface area contributed by atoms with Crippen LogP contribution in [-0.4, -0.2) is 19.6 Å². The molecule has 1 aliphatic rings. The fourth-order valence-electron chi connectivity index (χ4n) is 2.82. The standard InChI is InChI=1S/C18H19NO2/c1-21-18(20)16-9-6-13(7-10-16)5-8-14-3-2-4-15-11-12-19-17(14)15/h2-4,6-7,9-10,19H,5,8,11-12H2,1H3. The van der Waals surface area contributed by atoms with Crippen molar-refractivity contribution in [1.82, 2.24) is 0 Å². The zero-order valence-electron chi connectivity index (χ0n) is 12.2. The van der Waals surface area contributed by atoms with E-state index < -0.39 is 0 Å². The fraction of sp³-hybridized carbons (Fsp3) is 0.278. The Kier molecular flexibility index (Phi) is 3.91. The van der Waals surface area contributed by atoms with E-state index >= 15 is 0 Å². The lowest BCUT2D eigenvalue weighted by Crippen LogP contribution is -2.01. The van der Waals surface area contributed by atoms with Gasteiger partial charge in [0.15, 0.2) is 0 Å². The van der Waals surface area contributed by atoms with Gasteiger partial charge >= 0.3 is 5.97 Å². The van der Waals surface area contributed by atoms with Gasteiger partial charge in [0, 0.05) is 12.2 Å². The smallest absolute Gasteiger partial charge is 0.337 e. The highest BCUT2D eigenvalue weighted by molar-refractivity contribution is 5.89. The number of benzene rings is 2. The third-order valence-electron chi connectivity index (χ3n) is 3.99. The number of aryl methyl sites for hydroxylation is 2. The Balaban J connectivity index is 1.68. The summed E-state index contributed by atoms with van der Waals surface area (Å²) in [7, 11) is 1.40. The maximum atomic E-state index is 11.4. The lowest BCUT2D eigenvalue weighted by molar-refractivity contribution is 0.0600. The molecular weight excluding hydrogens is 262 g/mol. The van der Waals surface area contributed by atoms with E-state index in [1.807, 2.05) is 24.3 Å². The Hall–Kier alpha value is -2.29. The second-order valence-electron chi connectivity index (χ2n) is 5.32. The Bertz CT molecular complexity index is 647. The molecule has 0 saturated carbocycles. The summed E-state index contributed by atoms with van der Waals surface area (Å²) >= 11 is 0. The molecule has 3 nitrogen and oxygen atoms in total. The molecular formula is C18H19NO2. The SMILES string of the molecule is COC(=O)c1ccc(CCc2cccc3c2NCC3)cc1. The number of anilines is 1. The molecule has 21 heavy (non-hydrogen) atoms. The third-order valence-corrected chi connectivity index (χ3v) is 3.99. The molecule has 3 rings (SSSR count). The minimum absolute atomic E-state index is 0.286. The Morgan fingerprint density at radius 2 is 1.95 bits per heavy atom. The summed E-state index contributed by atoms with van der Waals surface area (Å²) in [6, 6.07) is 14.2. The molecule has 2 aromatic carbocycles. The summed E-state index contributed by atoms with van der Waals surface area (Å²) in [5, 5.41) is 3.48. The normalized spacial score (nSPS) is 12.6. The van der Waals surface area contributed by atoms with Gasteiger partial charge in [0.2, 0.25) is 0 Å². The molecule has 0 aliphatic carbocycles. The van der Waals surface area contributed by atoms with Crippen molar-refractivity contribution in [3.63, 3.8) is 0 Å². The van der Waals surface area contributed by atoms with E-state index in [1.54, 1.807) is 0 Å². The first kappa shape index (κ1) is 13.7. The van der Waals surface area contributed by atoms with Crippen molar-refractivity contribution < 1.29 is 9.53 Å². The van der Waals surface area contributed by atoms with Crippen molar-refractivity contribution in [3.8, 4) is 0 Å². The van der Waals surface area contributed by atoms with Crippen LogP contribution in [0.2, 0.25) is 0 Å². The average molecular weight is 281 g/mol. The van der Waals surface area contributed by atoms with Gasteiger partial charge in [-0.1, -0.05) is 30.3 Å². The summed E-state index contributed by atoms with van der Waals surface area (Å²) in [6.07, 6.45) is 3.10. The second kappa shape index (κ2) is 6.00. The number of para-hydroxylation sites is 1. The molecule has 0 atom stereocenters. The molecule has 3 heteroatoms. The first-order chi connectivity index (χ1) is 10.3. The van der Waals surface area contributed by atoms with E-state index in [4.69, 9.17) is 4.74 Å². The maximum absolute atomic E-state index is 11.4. The predicted molar refractivity (Wildman–Crippen MR) is 83.8 cm³/mol. The molecule has 2 aromatic rings. The van der Waals surface area contributed by atoms with Crippen LogP contribution in [0, 0.1) is 0 Å². The van der Waals surface area contributed by atoms with Crippen LogP contribution in [0.1, 0.15) is 27.0 Å². The zero-order chi connectivity index (χ0) is 14.7. The van der Waals surface area contributed by atoms with Crippen LogP contribution in [0.15, 0.2) is 42.5 Å². The Morgan fingerprint density at radius 1 is 1.14 bits per heavy atom. The Labute approximate surface area is 124 Å². The van der Waals surface area contributed by atoms with Crippen LogP contribution < -0.4 is 5.32 Å². The van der Waals surface area contributed by atoms with E-state index in [0.717, 1.165) is 25.8 Å². The molecule has 0 spiro atoms. The molecule has 0 amide bonds. The van der Waals surface area contributed by atoms with E-state index in [-0.39, 0.29) is 5.97 Å². The van der Waals surface area contributed by atoms with Gasteiger partial charge in [0.25, 0.3) is 0 Å². The average Bonchev–Trinajstić information content (AvgIpc) is 3.02.